The summed E-state index contributed by atoms with van der Waals surface area (Å²) in [5, 5.41) is 25.5. The van der Waals surface area contributed by atoms with Gasteiger partial charge in [0.1, 0.15) is 30.0 Å². The summed E-state index contributed by atoms with van der Waals surface area (Å²) in [6, 6.07) is 12.9. The highest BCUT2D eigenvalue weighted by Crippen LogP contribution is 2.40. The Morgan fingerprint density at radius 3 is 2.28 bits per heavy atom. The number of carbonyl (C=O) groups excluding carboxylic acids is 4. The minimum absolute atomic E-state index is 0.000761. The summed E-state index contributed by atoms with van der Waals surface area (Å²) >= 11 is 7.15. The van der Waals surface area contributed by atoms with Crippen molar-refractivity contribution in [3.05, 3.63) is 88.8 Å². The predicted molar refractivity (Wildman–Crippen MR) is 269 cm³/mol. The summed E-state index contributed by atoms with van der Waals surface area (Å²) in [4.78, 5) is 68.0. The van der Waals surface area contributed by atoms with Crippen molar-refractivity contribution >= 4 is 63.7 Å². The van der Waals surface area contributed by atoms with Crippen molar-refractivity contribution in [2.45, 2.75) is 117 Å². The SMILES string of the molecule is Cc1ncsc1-c1ccc([C@H](C)NC(=O)[C@@H]2C[C@@H](O)CN2C(=O)C(NC(=O)COCCCOCCCCCOc2ccc(N3C(=S)N(c4ccc(C#N)c(C(F)(F)F)c4)C(=O)C3(C)C)cc2)C(C)(C)C)nc1. The zero-order chi connectivity index (χ0) is 52.5. The molecule has 2 aromatic heterocycles. The number of unbranched alkanes of at least 4 members (excludes halogenated alkanes) is 2. The summed E-state index contributed by atoms with van der Waals surface area (Å²) in [6.07, 6.45) is -0.991. The lowest BCUT2D eigenvalue weighted by Gasteiger charge is -2.35. The Bertz CT molecular complexity index is 2620. The topological polar surface area (TPSA) is 200 Å². The highest BCUT2D eigenvalue weighted by Gasteiger charge is 2.51. The summed E-state index contributed by atoms with van der Waals surface area (Å²) in [5.74, 6) is -1.32. The molecular weight excluding hydrogens is 974 g/mol. The van der Waals surface area contributed by atoms with Gasteiger partial charge in [-0.15, -0.1) is 11.3 Å². The molecule has 3 N–H and O–H groups in total. The monoisotopic (exact) mass is 1030 g/mol. The number of anilines is 2. The number of nitrogens with zero attached hydrogens (tertiary/aromatic N) is 6. The van der Waals surface area contributed by atoms with Crippen LogP contribution in [0.25, 0.3) is 10.4 Å². The zero-order valence-corrected chi connectivity index (χ0v) is 43.0. The second kappa shape index (κ2) is 23.7. The molecule has 2 saturated heterocycles. The molecule has 4 aromatic rings. The third kappa shape index (κ3) is 13.3. The van der Waals surface area contributed by atoms with Crippen LogP contribution in [0.2, 0.25) is 0 Å². The molecule has 2 aliphatic heterocycles. The van der Waals surface area contributed by atoms with Crippen molar-refractivity contribution in [3.8, 4) is 22.3 Å². The molecule has 6 rings (SSSR count). The molecule has 0 saturated carbocycles. The molecule has 1 unspecified atom stereocenters. The van der Waals surface area contributed by atoms with Crippen molar-refractivity contribution in [3.63, 3.8) is 0 Å². The number of benzene rings is 2. The third-order valence-electron chi connectivity index (χ3n) is 12.3. The van der Waals surface area contributed by atoms with E-state index in [0.29, 0.717) is 43.4 Å². The Morgan fingerprint density at radius 2 is 1.64 bits per heavy atom. The molecule has 4 atom stereocenters. The summed E-state index contributed by atoms with van der Waals surface area (Å²) in [7, 11) is 0. The summed E-state index contributed by atoms with van der Waals surface area (Å²) in [6.45, 7) is 13.7. The number of likely N-dealkylation sites (tertiary alicyclic amines) is 1. The second-order valence-corrected chi connectivity index (χ2v) is 20.5. The number of alkyl halides is 3. The summed E-state index contributed by atoms with van der Waals surface area (Å²) < 4.78 is 58.4. The molecule has 0 radical (unpaired) electrons. The number of hydrogen-bond acceptors (Lipinski definition) is 13. The third-order valence-corrected chi connectivity index (χ3v) is 13.7. The number of nitriles is 1. The quantitative estimate of drug-likeness (QED) is 0.0543. The number of halogens is 3. The van der Waals surface area contributed by atoms with Crippen molar-refractivity contribution in [2.75, 3.05) is 49.4 Å². The van der Waals surface area contributed by atoms with E-state index in [0.717, 1.165) is 52.4 Å². The maximum absolute atomic E-state index is 14.0. The van der Waals surface area contributed by atoms with E-state index in [-0.39, 0.29) is 37.0 Å². The minimum atomic E-state index is -4.80. The predicted octanol–water partition coefficient (Wildman–Crippen LogP) is 7.66. The first-order chi connectivity index (χ1) is 34.0. The van der Waals surface area contributed by atoms with Crippen LogP contribution in [0, 0.1) is 23.7 Å². The van der Waals surface area contributed by atoms with Gasteiger partial charge in [0.05, 0.1) is 63.4 Å². The van der Waals surface area contributed by atoms with Gasteiger partial charge in [-0.25, -0.2) is 4.98 Å². The fraction of sp³-hybridized carbons (Fsp3) is 0.490. The van der Waals surface area contributed by atoms with Gasteiger partial charge in [0.2, 0.25) is 17.7 Å². The Morgan fingerprint density at radius 1 is 0.958 bits per heavy atom. The lowest BCUT2D eigenvalue weighted by Crippen LogP contribution is -2.58. The van der Waals surface area contributed by atoms with E-state index in [1.807, 2.05) is 39.8 Å². The number of β-amino-alcohol motifs (C(OH)–C–C–N with tert-alkyl or cyclic N) is 1. The Hall–Kier alpha value is -6.05. The first-order valence-corrected chi connectivity index (χ1v) is 24.9. The number of aromatic nitrogens is 2. The van der Waals surface area contributed by atoms with Gasteiger partial charge >= 0.3 is 6.18 Å². The van der Waals surface area contributed by atoms with E-state index >= 15 is 0 Å². The number of aliphatic hydroxyl groups is 1. The second-order valence-electron chi connectivity index (χ2n) is 19.3. The van der Waals surface area contributed by atoms with Crippen LogP contribution in [-0.4, -0.2) is 112 Å². The van der Waals surface area contributed by atoms with E-state index in [4.69, 9.17) is 26.4 Å². The molecule has 72 heavy (non-hydrogen) atoms. The molecule has 0 bridgehead atoms. The lowest BCUT2D eigenvalue weighted by atomic mass is 9.85. The Kier molecular flexibility index (Phi) is 18.2. The van der Waals surface area contributed by atoms with E-state index in [1.165, 1.54) is 22.3 Å². The van der Waals surface area contributed by atoms with Crippen LogP contribution in [0.5, 0.6) is 5.75 Å². The first-order valence-electron chi connectivity index (χ1n) is 23.7. The average molecular weight is 1040 g/mol. The van der Waals surface area contributed by atoms with Gasteiger partial charge in [0.25, 0.3) is 5.91 Å². The molecule has 0 aliphatic carbocycles. The highest BCUT2D eigenvalue weighted by molar-refractivity contribution is 7.81. The summed E-state index contributed by atoms with van der Waals surface area (Å²) in [5.41, 5.74) is 1.05. The molecule has 4 heterocycles. The molecule has 0 spiro atoms. The number of pyridine rings is 1. The largest absolute Gasteiger partial charge is 0.494 e. The van der Waals surface area contributed by atoms with E-state index in [2.05, 4.69) is 20.6 Å². The van der Waals surface area contributed by atoms with Crippen LogP contribution in [0.1, 0.15) is 102 Å². The lowest BCUT2D eigenvalue weighted by molar-refractivity contribution is -0.144. The number of nitrogens with one attached hydrogen (secondary N) is 2. The van der Waals surface area contributed by atoms with Crippen molar-refractivity contribution in [1.29, 1.82) is 5.26 Å². The number of aliphatic hydroxyl groups excluding tert-OH is 1. The number of aryl methyl sites for hydroxylation is 1. The highest BCUT2D eigenvalue weighted by atomic mass is 32.1. The van der Waals surface area contributed by atoms with E-state index in [9.17, 15) is 42.7 Å². The van der Waals surface area contributed by atoms with Gasteiger partial charge < -0.3 is 39.8 Å². The van der Waals surface area contributed by atoms with Gasteiger partial charge in [-0.1, -0.05) is 26.8 Å². The number of rotatable bonds is 21. The molecule has 16 nitrogen and oxygen atoms in total. The molecule has 21 heteroatoms. The van der Waals surface area contributed by atoms with Crippen LogP contribution in [-0.2, 0) is 34.8 Å². The molecule has 2 aliphatic rings. The molecule has 4 amide bonds. The molecular formula is C51H61F3N8O8S2. The van der Waals surface area contributed by atoms with Gasteiger partial charge in [-0.3, -0.25) is 29.1 Å². The van der Waals surface area contributed by atoms with Gasteiger partial charge in [0.15, 0.2) is 5.11 Å². The maximum atomic E-state index is 14.0. The Labute approximate surface area is 426 Å². The zero-order valence-electron chi connectivity index (χ0n) is 41.4. The number of hydrogen-bond donors (Lipinski definition) is 3. The van der Waals surface area contributed by atoms with Crippen LogP contribution >= 0.6 is 23.6 Å². The first kappa shape index (κ1) is 55.3. The van der Waals surface area contributed by atoms with Crippen molar-refractivity contribution in [1.82, 2.24) is 25.5 Å². The molecule has 386 valence electrons. The number of carbonyl (C=O) groups is 4. The number of thiazole rings is 1. The minimum Gasteiger partial charge on any atom is -0.494 e. The van der Waals surface area contributed by atoms with E-state index in [1.54, 1.807) is 67.7 Å². The molecule has 2 fully saturated rings. The Balaban J connectivity index is 0.859. The van der Waals surface area contributed by atoms with Gasteiger partial charge in [-0.05, 0) is 120 Å². The van der Waals surface area contributed by atoms with Crippen molar-refractivity contribution in [2.24, 2.45) is 5.41 Å². The van der Waals surface area contributed by atoms with Gasteiger partial charge in [-0.2, -0.15) is 18.4 Å². The van der Waals surface area contributed by atoms with Crippen LogP contribution in [0.4, 0.5) is 24.5 Å². The molecule has 2 aromatic carbocycles. The number of amides is 4. The normalized spacial score (nSPS) is 17.7. The van der Waals surface area contributed by atoms with Crippen LogP contribution in [0.15, 0.2) is 66.3 Å². The average Bonchev–Trinajstić information content (AvgIpc) is 4.00. The maximum Gasteiger partial charge on any atom is 0.417 e. The smallest absolute Gasteiger partial charge is 0.417 e. The van der Waals surface area contributed by atoms with Gasteiger partial charge in [0, 0.05) is 50.2 Å². The van der Waals surface area contributed by atoms with Crippen LogP contribution in [0.3, 0.4) is 0 Å². The van der Waals surface area contributed by atoms with Crippen LogP contribution < -0.4 is 25.2 Å². The number of thiocarbonyl (C=S) groups is 1. The fourth-order valence-corrected chi connectivity index (χ4v) is 9.75. The van der Waals surface area contributed by atoms with E-state index < -0.39 is 76.1 Å². The number of ether oxygens (including phenoxy) is 3. The standard InChI is InChI=1S/C51H61F3N8O8S2/c1-31(40-19-13-34(27-56-40)43-32(2)57-30-72-43)58-45(65)41-25-37(63)28-60(41)46(66)44(49(3,4)5)59-42(64)29-69-22-11-21-68-20-9-8-10-23-70-38-17-15-35(16-18-38)62-48(71)61(47(67)50(62,6)7)36-14-12-33(26-55)39(24-36)51(52,53)54/h12-19,24,27,30-31,37,41,44,63H,8-11,20-23,25,28-29H2,1-7H3,(H,58,65)(H,59,64)/t31-,37+,41-,44?/m0/s1. The van der Waals surface area contributed by atoms with Crippen molar-refractivity contribution < 1.29 is 51.7 Å². The fourth-order valence-electron chi connectivity index (χ4n) is 8.44.